The highest BCUT2D eigenvalue weighted by atomic mass is 79.9. The van der Waals surface area contributed by atoms with Crippen LogP contribution >= 0.6 is 27.5 Å². The highest BCUT2D eigenvalue weighted by molar-refractivity contribution is 9.12. The molecule has 0 aromatic carbocycles. The predicted molar refractivity (Wildman–Crippen MR) is 54.4 cm³/mol. The molecule has 12 heavy (non-hydrogen) atoms. The summed E-state index contributed by atoms with van der Waals surface area (Å²) in [5.41, 5.74) is 0.989. The Hall–Kier alpha value is -0.540. The van der Waals surface area contributed by atoms with Crippen molar-refractivity contribution in [2.75, 3.05) is 0 Å². The molecule has 0 aromatic rings. The molecule has 0 spiro atoms. The quantitative estimate of drug-likeness (QED) is 0.651. The summed E-state index contributed by atoms with van der Waals surface area (Å²) in [5.74, 6) is 0. The maximum absolute atomic E-state index is 5.79. The molecule has 0 saturated carbocycles. The Bertz CT molecular complexity index is 328. The molecule has 62 valence electrons. The second kappa shape index (κ2) is 3.07. The monoisotopic (exact) mass is 244 g/mol. The molecule has 2 aliphatic heterocycles. The van der Waals surface area contributed by atoms with Gasteiger partial charge in [0.2, 0.25) is 0 Å². The topological polar surface area (TPSA) is 24.4 Å². The number of dihydropyridines is 2. The number of hydrogen-bond acceptors (Lipinski definition) is 2. The van der Waals surface area contributed by atoms with E-state index in [0.717, 1.165) is 10.2 Å². The summed E-state index contributed by atoms with van der Waals surface area (Å²) in [6.07, 6.45) is 7.51. The number of allylic oxidation sites excluding steroid dienone is 3. The Morgan fingerprint density at radius 1 is 1.50 bits per heavy atom. The molecule has 0 saturated heterocycles. The summed E-state index contributed by atoms with van der Waals surface area (Å²) in [6.45, 7) is 0. The maximum Gasteiger partial charge on any atom is 0.103 e. The predicted octanol–water partition coefficient (Wildman–Crippen LogP) is 2.29. The third-order valence-electron chi connectivity index (χ3n) is 1.68. The molecular weight excluding hydrogens is 239 g/mol. The van der Waals surface area contributed by atoms with Gasteiger partial charge in [-0.25, -0.2) is 0 Å². The van der Waals surface area contributed by atoms with Gasteiger partial charge in [-0.3, -0.25) is 4.99 Å². The summed E-state index contributed by atoms with van der Waals surface area (Å²) in [5, 5.41) is 3.74. The van der Waals surface area contributed by atoms with E-state index in [9.17, 15) is 0 Å². The van der Waals surface area contributed by atoms with Gasteiger partial charge in [0.1, 0.15) is 5.16 Å². The van der Waals surface area contributed by atoms with E-state index in [2.05, 4.69) is 26.2 Å². The Morgan fingerprint density at radius 2 is 2.33 bits per heavy atom. The minimum Gasteiger partial charge on any atom is -0.364 e. The van der Waals surface area contributed by atoms with E-state index in [4.69, 9.17) is 11.6 Å². The van der Waals surface area contributed by atoms with Crippen molar-refractivity contribution in [2.45, 2.75) is 6.04 Å². The Labute approximate surface area is 83.8 Å². The Kier molecular flexibility index (Phi) is 2.07. The smallest absolute Gasteiger partial charge is 0.103 e. The van der Waals surface area contributed by atoms with Gasteiger partial charge >= 0.3 is 0 Å². The average Bonchev–Trinajstić information content (AvgIpc) is 2.03. The van der Waals surface area contributed by atoms with E-state index in [-0.39, 0.29) is 6.04 Å². The third kappa shape index (κ3) is 1.47. The zero-order valence-electron chi connectivity index (χ0n) is 6.09. The lowest BCUT2D eigenvalue weighted by Gasteiger charge is -2.22. The molecule has 0 aromatic heterocycles. The largest absolute Gasteiger partial charge is 0.364 e. The summed E-state index contributed by atoms with van der Waals surface area (Å²) in [7, 11) is 0. The summed E-state index contributed by atoms with van der Waals surface area (Å²) in [4.78, 5) is 4.22. The van der Waals surface area contributed by atoms with Crippen LogP contribution in [0.2, 0.25) is 0 Å². The van der Waals surface area contributed by atoms with Crippen LogP contribution in [0.5, 0.6) is 0 Å². The van der Waals surface area contributed by atoms with Gasteiger partial charge in [0.15, 0.2) is 0 Å². The van der Waals surface area contributed by atoms with Crippen LogP contribution < -0.4 is 5.32 Å². The standard InChI is InChI=1S/C8H6BrClN2/c9-5-3-7-6(11-4-5)1-2-8(10)12-7/h1-4,7,12H. The van der Waals surface area contributed by atoms with Gasteiger partial charge in [-0.2, -0.15) is 0 Å². The molecule has 0 bridgehead atoms. The number of halogens is 2. The van der Waals surface area contributed by atoms with Gasteiger partial charge < -0.3 is 5.32 Å². The van der Waals surface area contributed by atoms with E-state index in [0.29, 0.717) is 5.16 Å². The Balaban J connectivity index is 2.33. The number of nitrogens with zero attached hydrogens (tertiary/aromatic N) is 1. The molecular formula is C8H6BrClN2. The van der Waals surface area contributed by atoms with Crippen LogP contribution in [-0.2, 0) is 0 Å². The van der Waals surface area contributed by atoms with E-state index >= 15 is 0 Å². The minimum absolute atomic E-state index is 0.113. The summed E-state index contributed by atoms with van der Waals surface area (Å²) in [6, 6.07) is 0.113. The highest BCUT2D eigenvalue weighted by Crippen LogP contribution is 2.21. The lowest BCUT2D eigenvalue weighted by atomic mass is 10.1. The van der Waals surface area contributed by atoms with Crippen molar-refractivity contribution in [1.29, 1.82) is 0 Å². The molecule has 2 heterocycles. The van der Waals surface area contributed by atoms with Crippen molar-refractivity contribution in [3.05, 3.63) is 33.6 Å². The molecule has 1 atom stereocenters. The molecule has 4 heteroatoms. The Morgan fingerprint density at radius 3 is 3.17 bits per heavy atom. The molecule has 1 unspecified atom stereocenters. The van der Waals surface area contributed by atoms with Gasteiger partial charge in [0.25, 0.3) is 0 Å². The number of hydrogen-bond donors (Lipinski definition) is 1. The van der Waals surface area contributed by atoms with Crippen LogP contribution in [0.1, 0.15) is 0 Å². The second-order valence-electron chi connectivity index (χ2n) is 2.54. The van der Waals surface area contributed by atoms with Gasteiger partial charge in [-0.15, -0.1) is 0 Å². The molecule has 1 N–H and O–H groups in total. The van der Waals surface area contributed by atoms with E-state index < -0.39 is 0 Å². The van der Waals surface area contributed by atoms with Crippen LogP contribution in [0.3, 0.4) is 0 Å². The van der Waals surface area contributed by atoms with Gasteiger partial charge in [0.05, 0.1) is 11.7 Å². The van der Waals surface area contributed by atoms with Crippen molar-refractivity contribution >= 4 is 33.7 Å². The number of fused-ring (bicyclic) bond motifs is 1. The molecule has 0 amide bonds. The van der Waals surface area contributed by atoms with Crippen molar-refractivity contribution in [2.24, 2.45) is 4.99 Å². The molecule has 2 aliphatic rings. The number of rotatable bonds is 0. The molecule has 0 aliphatic carbocycles. The third-order valence-corrected chi connectivity index (χ3v) is 2.38. The summed E-state index contributed by atoms with van der Waals surface area (Å²) < 4.78 is 0.975. The first-order chi connectivity index (χ1) is 5.75. The molecule has 0 fully saturated rings. The second-order valence-corrected chi connectivity index (χ2v) is 3.86. The zero-order valence-corrected chi connectivity index (χ0v) is 8.43. The number of nitrogens with one attached hydrogen (secondary N) is 1. The first kappa shape index (κ1) is 8.08. The van der Waals surface area contributed by atoms with Crippen LogP contribution in [0.4, 0.5) is 0 Å². The maximum atomic E-state index is 5.79. The van der Waals surface area contributed by atoms with Crippen LogP contribution in [0, 0.1) is 0 Å². The summed E-state index contributed by atoms with van der Waals surface area (Å²) >= 11 is 9.15. The van der Waals surface area contributed by atoms with Gasteiger partial charge in [-0.1, -0.05) is 11.6 Å². The lowest BCUT2D eigenvalue weighted by Crippen LogP contribution is -2.30. The van der Waals surface area contributed by atoms with Crippen molar-refractivity contribution in [3.63, 3.8) is 0 Å². The molecule has 2 rings (SSSR count). The highest BCUT2D eigenvalue weighted by Gasteiger charge is 2.17. The minimum atomic E-state index is 0.113. The fraction of sp³-hybridized carbons (Fsp3) is 0.125. The molecule has 2 nitrogen and oxygen atoms in total. The SMILES string of the molecule is ClC1=CC=C2N=CC(Br)=CC2N1. The van der Waals surface area contributed by atoms with Gasteiger partial charge in [-0.05, 0) is 34.2 Å². The number of aliphatic imine (C=N–C) groups is 1. The first-order valence-electron chi connectivity index (χ1n) is 3.51. The van der Waals surface area contributed by atoms with E-state index in [1.54, 1.807) is 12.3 Å². The molecule has 0 radical (unpaired) electrons. The van der Waals surface area contributed by atoms with Crippen LogP contribution in [0.15, 0.2) is 38.6 Å². The normalized spacial score (nSPS) is 26.5. The van der Waals surface area contributed by atoms with Crippen molar-refractivity contribution in [1.82, 2.24) is 5.32 Å². The zero-order chi connectivity index (χ0) is 8.55. The van der Waals surface area contributed by atoms with Gasteiger partial charge in [0, 0.05) is 10.7 Å². The lowest BCUT2D eigenvalue weighted by molar-refractivity contribution is 0.756. The average molecular weight is 246 g/mol. The van der Waals surface area contributed by atoms with E-state index in [1.165, 1.54) is 0 Å². The van der Waals surface area contributed by atoms with Crippen molar-refractivity contribution in [3.8, 4) is 0 Å². The first-order valence-corrected chi connectivity index (χ1v) is 4.68. The van der Waals surface area contributed by atoms with Crippen molar-refractivity contribution < 1.29 is 0 Å². The van der Waals surface area contributed by atoms with Crippen LogP contribution in [0.25, 0.3) is 0 Å². The fourth-order valence-electron chi connectivity index (χ4n) is 1.12. The fourth-order valence-corrected chi connectivity index (χ4v) is 1.67. The van der Waals surface area contributed by atoms with E-state index in [1.807, 2.05) is 12.2 Å². The van der Waals surface area contributed by atoms with Crippen LogP contribution in [-0.4, -0.2) is 12.3 Å².